The normalized spacial score (nSPS) is 15.5. The first kappa shape index (κ1) is 23.9. The van der Waals surface area contributed by atoms with Crippen LogP contribution in [-0.2, 0) is 11.3 Å². The summed E-state index contributed by atoms with van der Waals surface area (Å²) in [6, 6.07) is 13.5. The second-order valence-corrected chi connectivity index (χ2v) is 8.49. The van der Waals surface area contributed by atoms with Crippen LogP contribution >= 0.6 is 0 Å². The van der Waals surface area contributed by atoms with Crippen molar-refractivity contribution in [2.24, 2.45) is 0 Å². The third-order valence-corrected chi connectivity index (χ3v) is 6.35. The van der Waals surface area contributed by atoms with Crippen LogP contribution in [0.5, 0.6) is 5.75 Å². The molecule has 1 aliphatic rings. The molecule has 1 atom stereocenters. The van der Waals surface area contributed by atoms with Crippen LogP contribution in [0.25, 0.3) is 0 Å². The van der Waals surface area contributed by atoms with Crippen molar-refractivity contribution in [2.45, 2.75) is 19.5 Å². The van der Waals surface area contributed by atoms with Crippen molar-refractivity contribution >= 4 is 5.69 Å². The molecule has 2 heterocycles. The molecule has 1 aliphatic heterocycles. The minimum Gasteiger partial charge on any atom is -0.507 e. The average molecular weight is 470 g/mol. The molecule has 180 valence electrons. The first-order chi connectivity index (χ1) is 16.4. The number of methoxy groups -OCH3 is 1. The summed E-state index contributed by atoms with van der Waals surface area (Å²) in [7, 11) is 1.57. The van der Waals surface area contributed by atoms with Crippen LogP contribution in [0, 0.1) is 18.6 Å². The largest absolute Gasteiger partial charge is 0.507 e. The summed E-state index contributed by atoms with van der Waals surface area (Å²) in [5.41, 5.74) is 2.06. The fourth-order valence-electron chi connectivity index (χ4n) is 4.61. The smallest absolute Gasteiger partial charge is 0.259 e. The molecule has 6 nitrogen and oxygen atoms in total. The van der Waals surface area contributed by atoms with E-state index in [4.69, 9.17) is 4.74 Å². The van der Waals surface area contributed by atoms with Gasteiger partial charge in [-0.1, -0.05) is 12.1 Å². The Hall–Kier alpha value is -3.23. The number of anilines is 1. The van der Waals surface area contributed by atoms with Gasteiger partial charge in [0, 0.05) is 51.2 Å². The zero-order chi connectivity index (χ0) is 24.2. The molecule has 1 aromatic heterocycles. The summed E-state index contributed by atoms with van der Waals surface area (Å²) in [6.07, 6.45) is 0. The number of pyridine rings is 1. The Bertz CT molecular complexity index is 1190. The van der Waals surface area contributed by atoms with Crippen molar-refractivity contribution in [2.75, 3.05) is 44.8 Å². The highest BCUT2D eigenvalue weighted by molar-refractivity contribution is 5.47. The number of aromatic hydroxyl groups is 1. The molecule has 0 radical (unpaired) electrons. The van der Waals surface area contributed by atoms with Crippen LogP contribution in [0.3, 0.4) is 0 Å². The summed E-state index contributed by atoms with van der Waals surface area (Å²) < 4.78 is 34.3. The second-order valence-electron chi connectivity index (χ2n) is 8.49. The van der Waals surface area contributed by atoms with E-state index in [2.05, 4.69) is 9.80 Å². The van der Waals surface area contributed by atoms with E-state index in [9.17, 15) is 18.7 Å². The number of aromatic nitrogens is 1. The van der Waals surface area contributed by atoms with E-state index in [0.29, 0.717) is 50.6 Å². The van der Waals surface area contributed by atoms with Gasteiger partial charge in [-0.25, -0.2) is 8.78 Å². The molecular weight excluding hydrogens is 440 g/mol. The number of nitrogens with zero attached hydrogens (tertiary/aromatic N) is 3. The number of hydrogen-bond acceptors (Lipinski definition) is 5. The van der Waals surface area contributed by atoms with Crippen molar-refractivity contribution in [3.8, 4) is 5.75 Å². The van der Waals surface area contributed by atoms with Gasteiger partial charge in [-0.2, -0.15) is 0 Å². The van der Waals surface area contributed by atoms with E-state index in [1.54, 1.807) is 48.9 Å². The lowest BCUT2D eigenvalue weighted by Gasteiger charge is -2.40. The Kier molecular flexibility index (Phi) is 7.29. The van der Waals surface area contributed by atoms with Crippen molar-refractivity contribution < 1.29 is 18.6 Å². The molecule has 0 saturated carbocycles. The highest BCUT2D eigenvalue weighted by atomic mass is 19.1. The molecule has 3 aromatic rings. The second kappa shape index (κ2) is 10.4. The molecule has 1 fully saturated rings. The number of hydrogen-bond donors (Lipinski definition) is 1. The highest BCUT2D eigenvalue weighted by Crippen LogP contribution is 2.34. The van der Waals surface area contributed by atoms with Crippen LogP contribution in [0.15, 0.2) is 59.4 Å². The number of piperazine rings is 1. The minimum atomic E-state index is -0.618. The van der Waals surface area contributed by atoms with Gasteiger partial charge in [0.2, 0.25) is 0 Å². The van der Waals surface area contributed by atoms with Gasteiger partial charge in [0.25, 0.3) is 5.56 Å². The van der Waals surface area contributed by atoms with Crippen molar-refractivity contribution in [1.29, 1.82) is 0 Å². The van der Waals surface area contributed by atoms with Crippen molar-refractivity contribution in [1.82, 2.24) is 9.47 Å². The Morgan fingerprint density at radius 3 is 2.35 bits per heavy atom. The van der Waals surface area contributed by atoms with Gasteiger partial charge in [0.1, 0.15) is 17.4 Å². The van der Waals surface area contributed by atoms with Crippen molar-refractivity contribution in [3.05, 3.63) is 93.4 Å². The third kappa shape index (κ3) is 4.98. The highest BCUT2D eigenvalue weighted by Gasteiger charge is 2.31. The molecular formula is C26H29F2N3O3. The standard InChI is InChI=1S/C26H29F2N3O3/c1-18-16-23(32)24(26(33)31(18)14-15-34-2)25(19-4-3-5-21(28)17-19)30-12-10-29(11-13-30)22-8-6-20(27)7-9-22/h3-9,16-17,25,32H,10-15H2,1-2H3/t25-/m0/s1. The Balaban J connectivity index is 1.71. The number of halogens is 2. The minimum absolute atomic E-state index is 0.105. The number of rotatable bonds is 7. The first-order valence-electron chi connectivity index (χ1n) is 11.3. The predicted octanol–water partition coefficient (Wildman–Crippen LogP) is 3.70. The Morgan fingerprint density at radius 1 is 1.00 bits per heavy atom. The zero-order valence-corrected chi connectivity index (χ0v) is 19.4. The lowest BCUT2D eigenvalue weighted by molar-refractivity contribution is 0.183. The average Bonchev–Trinajstić information content (AvgIpc) is 2.82. The molecule has 0 bridgehead atoms. The van der Waals surface area contributed by atoms with Gasteiger partial charge in [-0.15, -0.1) is 0 Å². The molecule has 0 unspecified atom stereocenters. The fourth-order valence-corrected chi connectivity index (χ4v) is 4.61. The van der Waals surface area contributed by atoms with Crippen LogP contribution in [0.1, 0.15) is 22.9 Å². The maximum Gasteiger partial charge on any atom is 0.259 e. The van der Waals surface area contributed by atoms with E-state index in [1.807, 2.05) is 0 Å². The molecule has 34 heavy (non-hydrogen) atoms. The lowest BCUT2D eigenvalue weighted by atomic mass is 9.95. The summed E-state index contributed by atoms with van der Waals surface area (Å²) in [4.78, 5) is 17.8. The number of benzene rings is 2. The summed E-state index contributed by atoms with van der Waals surface area (Å²) >= 11 is 0. The number of aryl methyl sites for hydroxylation is 1. The molecule has 8 heteroatoms. The van der Waals surface area contributed by atoms with Gasteiger partial charge in [-0.3, -0.25) is 9.69 Å². The molecule has 0 aliphatic carbocycles. The van der Waals surface area contributed by atoms with Gasteiger partial charge < -0.3 is 19.3 Å². The fraction of sp³-hybridized carbons (Fsp3) is 0.346. The molecule has 1 saturated heterocycles. The molecule has 0 spiro atoms. The van der Waals surface area contributed by atoms with Crippen molar-refractivity contribution in [3.63, 3.8) is 0 Å². The molecule has 2 aromatic carbocycles. The molecule has 0 amide bonds. The maximum absolute atomic E-state index is 14.2. The van der Waals surface area contributed by atoms with E-state index < -0.39 is 11.9 Å². The van der Waals surface area contributed by atoms with E-state index >= 15 is 0 Å². The monoisotopic (exact) mass is 469 g/mol. The van der Waals surface area contributed by atoms with Crippen LogP contribution in [-0.4, -0.2) is 54.5 Å². The van der Waals surface area contributed by atoms with E-state index in [0.717, 1.165) is 5.69 Å². The predicted molar refractivity (Wildman–Crippen MR) is 127 cm³/mol. The van der Waals surface area contributed by atoms with Gasteiger partial charge in [-0.05, 0) is 55.0 Å². The Morgan fingerprint density at radius 2 is 1.71 bits per heavy atom. The van der Waals surface area contributed by atoms with Gasteiger partial charge >= 0.3 is 0 Å². The number of ether oxygens (including phenoxy) is 1. The SMILES string of the molecule is COCCn1c(C)cc(O)c([C@H](c2cccc(F)c2)N2CCN(c3ccc(F)cc3)CC2)c1=O. The summed E-state index contributed by atoms with van der Waals surface area (Å²) in [6.45, 7) is 4.89. The van der Waals surface area contributed by atoms with Gasteiger partial charge in [0.05, 0.1) is 18.2 Å². The zero-order valence-electron chi connectivity index (χ0n) is 19.4. The molecule has 4 rings (SSSR count). The van der Waals surface area contributed by atoms with E-state index in [-0.39, 0.29) is 22.7 Å². The van der Waals surface area contributed by atoms with E-state index in [1.165, 1.54) is 24.3 Å². The quantitative estimate of drug-likeness (QED) is 0.572. The third-order valence-electron chi connectivity index (χ3n) is 6.35. The van der Waals surface area contributed by atoms with Crippen LogP contribution in [0.4, 0.5) is 14.5 Å². The summed E-state index contributed by atoms with van der Waals surface area (Å²) in [5.74, 6) is -0.793. The van der Waals surface area contributed by atoms with Crippen LogP contribution < -0.4 is 10.5 Å². The van der Waals surface area contributed by atoms with Gasteiger partial charge in [0.15, 0.2) is 0 Å². The first-order valence-corrected chi connectivity index (χ1v) is 11.3. The Labute approximate surface area is 197 Å². The maximum atomic E-state index is 14.2. The summed E-state index contributed by atoms with van der Waals surface area (Å²) in [5, 5.41) is 10.9. The lowest BCUT2D eigenvalue weighted by Crippen LogP contribution is -2.49. The molecule has 1 N–H and O–H groups in total. The topological polar surface area (TPSA) is 57.9 Å². The van der Waals surface area contributed by atoms with Crippen LogP contribution in [0.2, 0.25) is 0 Å².